The zero-order chi connectivity index (χ0) is 11.5. The number of hydrogen-bond donors (Lipinski definition) is 1. The molecule has 1 unspecified atom stereocenters. The van der Waals surface area contributed by atoms with E-state index in [1.165, 1.54) is 30.5 Å². The van der Waals surface area contributed by atoms with Gasteiger partial charge in [0, 0.05) is 13.1 Å². The molecule has 1 heterocycles. The predicted octanol–water partition coefficient (Wildman–Crippen LogP) is 3.07. The first-order valence-corrected chi connectivity index (χ1v) is 6.34. The van der Waals surface area contributed by atoms with Gasteiger partial charge in [0.25, 0.3) is 0 Å². The van der Waals surface area contributed by atoms with E-state index in [1.54, 1.807) is 0 Å². The Morgan fingerprint density at radius 1 is 1.44 bits per heavy atom. The second kappa shape index (κ2) is 4.77. The third kappa shape index (κ3) is 2.16. The molecule has 1 aromatic carbocycles. The number of aryl methyl sites for hydroxylation is 1. The van der Waals surface area contributed by atoms with Crippen LogP contribution in [0.15, 0.2) is 18.2 Å². The maximum absolute atomic E-state index is 6.11. The van der Waals surface area contributed by atoms with Crippen molar-refractivity contribution in [3.05, 3.63) is 23.8 Å². The molecule has 0 saturated heterocycles. The van der Waals surface area contributed by atoms with Crippen molar-refractivity contribution in [2.24, 2.45) is 5.92 Å². The number of fused-ring (bicyclic) bond motifs is 1. The van der Waals surface area contributed by atoms with Crippen LogP contribution in [0.3, 0.4) is 0 Å². The van der Waals surface area contributed by atoms with Gasteiger partial charge in [-0.3, -0.25) is 0 Å². The molecule has 2 N–H and O–H groups in total. The zero-order valence-corrected chi connectivity index (χ0v) is 10.4. The maximum Gasteiger partial charge on any atom is 0.0632 e. The monoisotopic (exact) mass is 218 g/mol. The van der Waals surface area contributed by atoms with Crippen LogP contribution in [0.2, 0.25) is 0 Å². The number of anilines is 2. The van der Waals surface area contributed by atoms with Gasteiger partial charge >= 0.3 is 0 Å². The van der Waals surface area contributed by atoms with E-state index in [1.807, 2.05) is 6.07 Å². The van der Waals surface area contributed by atoms with E-state index in [4.69, 9.17) is 5.73 Å². The average molecular weight is 218 g/mol. The van der Waals surface area contributed by atoms with E-state index in [0.29, 0.717) is 0 Å². The molecule has 0 aromatic heterocycles. The van der Waals surface area contributed by atoms with Crippen LogP contribution in [0, 0.1) is 5.92 Å². The van der Waals surface area contributed by atoms with E-state index >= 15 is 0 Å². The Hall–Kier alpha value is -1.18. The normalized spacial score (nSPS) is 17.0. The first kappa shape index (κ1) is 11.3. The van der Waals surface area contributed by atoms with Crippen molar-refractivity contribution >= 4 is 11.4 Å². The van der Waals surface area contributed by atoms with Crippen molar-refractivity contribution in [2.45, 2.75) is 33.1 Å². The van der Waals surface area contributed by atoms with Crippen LogP contribution in [0.25, 0.3) is 0 Å². The summed E-state index contributed by atoms with van der Waals surface area (Å²) in [6.45, 7) is 6.86. The Morgan fingerprint density at radius 2 is 2.25 bits per heavy atom. The summed E-state index contributed by atoms with van der Waals surface area (Å²) in [6, 6.07) is 6.31. The number of hydrogen-bond acceptors (Lipinski definition) is 2. The molecule has 0 saturated carbocycles. The van der Waals surface area contributed by atoms with Gasteiger partial charge in [-0.05, 0) is 30.4 Å². The minimum absolute atomic E-state index is 0.741. The molecule has 2 heteroatoms. The zero-order valence-electron chi connectivity index (χ0n) is 10.4. The predicted molar refractivity (Wildman–Crippen MR) is 70.8 cm³/mol. The Balaban J connectivity index is 2.25. The number of nitrogens with zero attached hydrogens (tertiary/aromatic N) is 1. The van der Waals surface area contributed by atoms with Crippen LogP contribution >= 0.6 is 0 Å². The summed E-state index contributed by atoms with van der Waals surface area (Å²) in [7, 11) is 0. The van der Waals surface area contributed by atoms with Gasteiger partial charge in [0.15, 0.2) is 0 Å². The Kier molecular flexibility index (Phi) is 3.37. The molecule has 1 atom stereocenters. The first-order valence-electron chi connectivity index (χ1n) is 6.34. The topological polar surface area (TPSA) is 29.3 Å². The number of nitrogen functional groups attached to an aromatic ring is 1. The molecule has 0 spiro atoms. The fraction of sp³-hybridized carbons (Fsp3) is 0.571. The van der Waals surface area contributed by atoms with Crippen LogP contribution < -0.4 is 10.6 Å². The molecule has 16 heavy (non-hydrogen) atoms. The fourth-order valence-electron chi connectivity index (χ4n) is 2.46. The largest absolute Gasteiger partial charge is 0.397 e. The third-order valence-electron chi connectivity index (χ3n) is 3.57. The minimum atomic E-state index is 0.741. The molecule has 1 aliphatic rings. The van der Waals surface area contributed by atoms with Crippen LogP contribution in [0.1, 0.15) is 32.3 Å². The molecule has 2 nitrogen and oxygen atoms in total. The highest BCUT2D eigenvalue weighted by Crippen LogP contribution is 2.33. The SMILES string of the molecule is CCC(C)CN1CCCc2cccc(N)c21. The lowest BCUT2D eigenvalue weighted by molar-refractivity contribution is 0.530. The molecule has 2 rings (SSSR count). The molecular weight excluding hydrogens is 196 g/mol. The van der Waals surface area contributed by atoms with E-state index in [9.17, 15) is 0 Å². The lowest BCUT2D eigenvalue weighted by Crippen LogP contribution is -2.33. The van der Waals surface area contributed by atoms with Crippen molar-refractivity contribution in [3.8, 4) is 0 Å². The Bertz CT molecular complexity index is 360. The summed E-state index contributed by atoms with van der Waals surface area (Å²) in [5.41, 5.74) is 9.78. The van der Waals surface area contributed by atoms with Crippen molar-refractivity contribution in [2.75, 3.05) is 23.7 Å². The highest BCUT2D eigenvalue weighted by atomic mass is 15.1. The van der Waals surface area contributed by atoms with Crippen LogP contribution in [0.4, 0.5) is 11.4 Å². The molecule has 1 aliphatic heterocycles. The minimum Gasteiger partial charge on any atom is -0.397 e. The highest BCUT2D eigenvalue weighted by molar-refractivity contribution is 5.72. The van der Waals surface area contributed by atoms with Gasteiger partial charge in [-0.15, -0.1) is 0 Å². The second-order valence-corrected chi connectivity index (χ2v) is 4.92. The van der Waals surface area contributed by atoms with E-state index < -0.39 is 0 Å². The molecule has 0 radical (unpaired) electrons. The standard InChI is InChI=1S/C14H22N2/c1-3-11(2)10-16-9-5-7-12-6-4-8-13(15)14(12)16/h4,6,8,11H,3,5,7,9-10,15H2,1-2H3. The molecule has 0 aliphatic carbocycles. The quantitative estimate of drug-likeness (QED) is 0.790. The van der Waals surface area contributed by atoms with Gasteiger partial charge in [0.2, 0.25) is 0 Å². The first-order chi connectivity index (χ1) is 7.72. The van der Waals surface area contributed by atoms with E-state index in [-0.39, 0.29) is 0 Å². The van der Waals surface area contributed by atoms with Gasteiger partial charge < -0.3 is 10.6 Å². The Labute approximate surface area is 98.4 Å². The van der Waals surface area contributed by atoms with Crippen molar-refractivity contribution in [1.82, 2.24) is 0 Å². The molecule has 1 aromatic rings. The molecular formula is C14H22N2. The Morgan fingerprint density at radius 3 is 3.00 bits per heavy atom. The van der Waals surface area contributed by atoms with Crippen molar-refractivity contribution in [3.63, 3.8) is 0 Å². The summed E-state index contributed by atoms with van der Waals surface area (Å²) < 4.78 is 0. The van der Waals surface area contributed by atoms with Crippen LogP contribution in [-0.4, -0.2) is 13.1 Å². The fourth-order valence-corrected chi connectivity index (χ4v) is 2.46. The summed E-state index contributed by atoms with van der Waals surface area (Å²) in [5, 5.41) is 0. The van der Waals surface area contributed by atoms with Crippen LogP contribution in [-0.2, 0) is 6.42 Å². The molecule has 0 amide bonds. The average Bonchev–Trinajstić information content (AvgIpc) is 2.29. The van der Waals surface area contributed by atoms with E-state index in [0.717, 1.165) is 24.7 Å². The number of para-hydroxylation sites is 1. The highest BCUT2D eigenvalue weighted by Gasteiger charge is 2.19. The van der Waals surface area contributed by atoms with Gasteiger partial charge in [0.1, 0.15) is 0 Å². The van der Waals surface area contributed by atoms with Gasteiger partial charge in [-0.2, -0.15) is 0 Å². The van der Waals surface area contributed by atoms with Gasteiger partial charge in [-0.1, -0.05) is 32.4 Å². The van der Waals surface area contributed by atoms with E-state index in [2.05, 4.69) is 30.9 Å². The van der Waals surface area contributed by atoms with Gasteiger partial charge in [0.05, 0.1) is 11.4 Å². The van der Waals surface area contributed by atoms with Crippen molar-refractivity contribution < 1.29 is 0 Å². The molecule has 0 bridgehead atoms. The number of nitrogens with two attached hydrogens (primary N) is 1. The maximum atomic E-state index is 6.11. The lowest BCUT2D eigenvalue weighted by Gasteiger charge is -2.34. The number of benzene rings is 1. The van der Waals surface area contributed by atoms with Gasteiger partial charge in [-0.25, -0.2) is 0 Å². The smallest absolute Gasteiger partial charge is 0.0632 e. The van der Waals surface area contributed by atoms with Crippen LogP contribution in [0.5, 0.6) is 0 Å². The third-order valence-corrected chi connectivity index (χ3v) is 3.57. The molecule has 0 fully saturated rings. The summed E-state index contributed by atoms with van der Waals surface area (Å²) in [4.78, 5) is 2.47. The summed E-state index contributed by atoms with van der Waals surface area (Å²) in [5.74, 6) is 0.741. The molecule has 88 valence electrons. The van der Waals surface area contributed by atoms with Crippen molar-refractivity contribution in [1.29, 1.82) is 0 Å². The number of rotatable bonds is 3. The second-order valence-electron chi connectivity index (χ2n) is 4.92. The summed E-state index contributed by atoms with van der Waals surface area (Å²) >= 11 is 0. The lowest BCUT2D eigenvalue weighted by atomic mass is 9.98. The summed E-state index contributed by atoms with van der Waals surface area (Å²) in [6.07, 6.45) is 3.67.